The fourth-order valence-electron chi connectivity index (χ4n) is 1.79. The normalized spacial score (nSPS) is 27.6. The van der Waals surface area contributed by atoms with E-state index < -0.39 is 5.60 Å². The largest absolute Gasteiger partial charge is 0.383 e. The van der Waals surface area contributed by atoms with E-state index in [0.29, 0.717) is 11.6 Å². The molecule has 1 aliphatic rings. The zero-order valence-electron chi connectivity index (χ0n) is 7.87. The molecule has 0 radical (unpaired) electrons. The molecule has 76 valence electrons. The maximum absolute atomic E-state index is 10.3. The first-order valence-corrected chi connectivity index (χ1v) is 5.15. The van der Waals surface area contributed by atoms with E-state index in [1.807, 2.05) is 12.1 Å². The van der Waals surface area contributed by atoms with E-state index in [0.717, 1.165) is 25.0 Å². The van der Waals surface area contributed by atoms with Gasteiger partial charge in [-0.25, -0.2) is 0 Å². The SMILES string of the molecule is OC1(c2cccc(Cl)c2)CCCOC1. The summed E-state index contributed by atoms with van der Waals surface area (Å²) in [6, 6.07) is 7.35. The van der Waals surface area contributed by atoms with Gasteiger partial charge in [-0.2, -0.15) is 0 Å². The number of ether oxygens (including phenoxy) is 1. The molecule has 0 spiro atoms. The molecule has 1 aromatic carbocycles. The first-order chi connectivity index (χ1) is 6.71. The van der Waals surface area contributed by atoms with Gasteiger partial charge >= 0.3 is 0 Å². The summed E-state index contributed by atoms with van der Waals surface area (Å²) in [4.78, 5) is 0. The van der Waals surface area contributed by atoms with Gasteiger partial charge in [0.1, 0.15) is 5.60 Å². The molecule has 0 saturated carbocycles. The van der Waals surface area contributed by atoms with Crippen LogP contribution in [0.3, 0.4) is 0 Å². The molecule has 1 fully saturated rings. The number of benzene rings is 1. The van der Waals surface area contributed by atoms with Crippen molar-refractivity contribution >= 4 is 11.6 Å². The number of hydrogen-bond donors (Lipinski definition) is 1. The second kappa shape index (κ2) is 3.89. The lowest BCUT2D eigenvalue weighted by Crippen LogP contribution is -2.35. The van der Waals surface area contributed by atoms with Gasteiger partial charge in [-0.3, -0.25) is 0 Å². The van der Waals surface area contributed by atoms with Gasteiger partial charge in [0.05, 0.1) is 6.61 Å². The zero-order valence-corrected chi connectivity index (χ0v) is 8.63. The van der Waals surface area contributed by atoms with E-state index in [-0.39, 0.29) is 0 Å². The average molecular weight is 213 g/mol. The van der Waals surface area contributed by atoms with Crippen molar-refractivity contribution in [2.45, 2.75) is 18.4 Å². The van der Waals surface area contributed by atoms with Crippen molar-refractivity contribution in [3.8, 4) is 0 Å². The van der Waals surface area contributed by atoms with Crippen LogP contribution in [-0.4, -0.2) is 18.3 Å². The highest BCUT2D eigenvalue weighted by Crippen LogP contribution is 2.31. The summed E-state index contributed by atoms with van der Waals surface area (Å²) >= 11 is 5.87. The minimum atomic E-state index is -0.844. The Bertz CT molecular complexity index is 319. The topological polar surface area (TPSA) is 29.5 Å². The van der Waals surface area contributed by atoms with Gasteiger partial charge in [-0.05, 0) is 30.5 Å². The van der Waals surface area contributed by atoms with Crippen LogP contribution in [-0.2, 0) is 10.3 Å². The molecule has 1 N–H and O–H groups in total. The van der Waals surface area contributed by atoms with Gasteiger partial charge in [0, 0.05) is 11.6 Å². The van der Waals surface area contributed by atoms with Crippen molar-refractivity contribution in [2.75, 3.05) is 13.2 Å². The van der Waals surface area contributed by atoms with Crippen molar-refractivity contribution in [2.24, 2.45) is 0 Å². The minimum Gasteiger partial charge on any atom is -0.383 e. The second-order valence-corrected chi connectivity index (χ2v) is 4.13. The number of rotatable bonds is 1. The van der Waals surface area contributed by atoms with Crippen LogP contribution in [0.4, 0.5) is 0 Å². The lowest BCUT2D eigenvalue weighted by molar-refractivity contribution is -0.0902. The van der Waals surface area contributed by atoms with E-state index in [4.69, 9.17) is 16.3 Å². The van der Waals surface area contributed by atoms with Crippen LogP contribution in [0.25, 0.3) is 0 Å². The lowest BCUT2D eigenvalue weighted by atomic mass is 9.89. The lowest BCUT2D eigenvalue weighted by Gasteiger charge is -2.32. The Morgan fingerprint density at radius 2 is 2.29 bits per heavy atom. The van der Waals surface area contributed by atoms with Crippen LogP contribution in [0.2, 0.25) is 5.02 Å². The molecule has 3 heteroatoms. The van der Waals surface area contributed by atoms with E-state index in [1.165, 1.54) is 0 Å². The maximum Gasteiger partial charge on any atom is 0.113 e. The predicted octanol–water partition coefficient (Wildman–Crippen LogP) is 2.34. The van der Waals surface area contributed by atoms with Crippen molar-refractivity contribution in [3.63, 3.8) is 0 Å². The van der Waals surface area contributed by atoms with Crippen LogP contribution >= 0.6 is 11.6 Å². The van der Waals surface area contributed by atoms with Gasteiger partial charge in [0.25, 0.3) is 0 Å². The van der Waals surface area contributed by atoms with Crippen LogP contribution in [0.5, 0.6) is 0 Å². The standard InChI is InChI=1S/C11H13ClO2/c12-10-4-1-3-9(7-10)11(13)5-2-6-14-8-11/h1,3-4,7,13H,2,5-6,8H2. The predicted molar refractivity (Wildman–Crippen MR) is 55.4 cm³/mol. The van der Waals surface area contributed by atoms with E-state index in [2.05, 4.69) is 0 Å². The van der Waals surface area contributed by atoms with Crippen LogP contribution in [0.15, 0.2) is 24.3 Å². The van der Waals surface area contributed by atoms with Gasteiger partial charge < -0.3 is 9.84 Å². The summed E-state index contributed by atoms with van der Waals surface area (Å²) < 4.78 is 5.29. The van der Waals surface area contributed by atoms with Crippen molar-refractivity contribution < 1.29 is 9.84 Å². The Balaban J connectivity index is 2.28. The van der Waals surface area contributed by atoms with Crippen molar-refractivity contribution in [3.05, 3.63) is 34.9 Å². The molecular weight excluding hydrogens is 200 g/mol. The highest BCUT2D eigenvalue weighted by molar-refractivity contribution is 6.30. The minimum absolute atomic E-state index is 0.368. The summed E-state index contributed by atoms with van der Waals surface area (Å²) in [6.07, 6.45) is 1.64. The summed E-state index contributed by atoms with van der Waals surface area (Å²) in [5, 5.41) is 10.9. The summed E-state index contributed by atoms with van der Waals surface area (Å²) in [5.74, 6) is 0. The van der Waals surface area contributed by atoms with Gasteiger partial charge in [0.2, 0.25) is 0 Å². The van der Waals surface area contributed by atoms with E-state index in [1.54, 1.807) is 12.1 Å². The smallest absolute Gasteiger partial charge is 0.113 e. The quantitative estimate of drug-likeness (QED) is 0.775. The summed E-state index contributed by atoms with van der Waals surface area (Å²) in [5.41, 5.74) is 0.00748. The third-order valence-electron chi connectivity index (χ3n) is 2.58. The first kappa shape index (κ1) is 9.97. The number of halogens is 1. The number of aliphatic hydroxyl groups is 1. The van der Waals surface area contributed by atoms with Crippen LogP contribution in [0.1, 0.15) is 18.4 Å². The van der Waals surface area contributed by atoms with Gasteiger partial charge in [-0.1, -0.05) is 23.7 Å². The highest BCUT2D eigenvalue weighted by atomic mass is 35.5. The fourth-order valence-corrected chi connectivity index (χ4v) is 1.98. The molecule has 1 atom stereocenters. The molecule has 0 aliphatic carbocycles. The van der Waals surface area contributed by atoms with Crippen molar-refractivity contribution in [1.82, 2.24) is 0 Å². The van der Waals surface area contributed by atoms with Crippen LogP contribution in [0, 0.1) is 0 Å². The molecular formula is C11H13ClO2. The molecule has 1 aliphatic heterocycles. The molecule has 1 unspecified atom stereocenters. The third-order valence-corrected chi connectivity index (χ3v) is 2.82. The second-order valence-electron chi connectivity index (χ2n) is 3.70. The molecule has 0 amide bonds. The molecule has 1 heterocycles. The molecule has 0 aromatic heterocycles. The molecule has 14 heavy (non-hydrogen) atoms. The van der Waals surface area contributed by atoms with Gasteiger partial charge in [-0.15, -0.1) is 0 Å². The highest BCUT2D eigenvalue weighted by Gasteiger charge is 2.31. The Labute approximate surface area is 88.5 Å². The summed E-state index contributed by atoms with van der Waals surface area (Å²) in [6.45, 7) is 1.11. The fraction of sp³-hybridized carbons (Fsp3) is 0.455. The molecule has 1 aromatic rings. The Kier molecular flexibility index (Phi) is 2.77. The van der Waals surface area contributed by atoms with Crippen LogP contribution < -0.4 is 0 Å². The first-order valence-electron chi connectivity index (χ1n) is 4.77. The van der Waals surface area contributed by atoms with E-state index in [9.17, 15) is 5.11 Å². The number of hydrogen-bond acceptors (Lipinski definition) is 2. The zero-order chi connectivity index (χ0) is 10.0. The molecule has 0 bridgehead atoms. The monoisotopic (exact) mass is 212 g/mol. The Hall–Kier alpha value is -0.570. The third kappa shape index (κ3) is 1.92. The van der Waals surface area contributed by atoms with Gasteiger partial charge in [0.15, 0.2) is 0 Å². The Morgan fingerprint density at radius 3 is 2.93 bits per heavy atom. The molecule has 1 saturated heterocycles. The maximum atomic E-state index is 10.3. The Morgan fingerprint density at radius 1 is 1.43 bits per heavy atom. The molecule has 2 rings (SSSR count). The van der Waals surface area contributed by atoms with E-state index >= 15 is 0 Å². The summed E-state index contributed by atoms with van der Waals surface area (Å²) in [7, 11) is 0. The average Bonchev–Trinajstić information content (AvgIpc) is 2.19. The molecule has 2 nitrogen and oxygen atoms in total. The van der Waals surface area contributed by atoms with Crippen molar-refractivity contribution in [1.29, 1.82) is 0 Å².